The van der Waals surface area contributed by atoms with Crippen LogP contribution in [0, 0.1) is 11.7 Å². The second-order valence-electron chi connectivity index (χ2n) is 3.97. The highest BCUT2D eigenvalue weighted by Gasteiger charge is 2.23. The van der Waals surface area contributed by atoms with Crippen LogP contribution in [0.5, 0.6) is 0 Å². The summed E-state index contributed by atoms with van der Waals surface area (Å²) in [5.41, 5.74) is 0. The summed E-state index contributed by atoms with van der Waals surface area (Å²) in [6.07, 6.45) is 3.48. The van der Waals surface area contributed by atoms with Gasteiger partial charge in [0.15, 0.2) is 0 Å². The van der Waals surface area contributed by atoms with Crippen molar-refractivity contribution in [3.63, 3.8) is 0 Å². The summed E-state index contributed by atoms with van der Waals surface area (Å²) in [5.74, 6) is 8.14. The summed E-state index contributed by atoms with van der Waals surface area (Å²) in [5, 5.41) is 0. The Labute approximate surface area is 84.6 Å². The monoisotopic (exact) mass is 178 g/mol. The van der Waals surface area contributed by atoms with Gasteiger partial charge in [0, 0.05) is 6.42 Å². The number of hydrogen-bond acceptors (Lipinski definition) is 0. The molecular weight excluding hydrogens is 155 g/mol. The molecule has 74 valence electrons. The van der Waals surface area contributed by atoms with E-state index in [2.05, 4.69) is 46.4 Å². The highest BCUT2D eigenvalue weighted by atomic mass is 14.0. The topological polar surface area (TPSA) is 0 Å². The van der Waals surface area contributed by atoms with E-state index in [1.54, 1.807) is 0 Å². The molecule has 0 saturated heterocycles. The molecule has 0 nitrogen and oxygen atoms in total. The Hall–Kier alpha value is -0.375. The van der Waals surface area contributed by atoms with Crippen LogP contribution in [0.2, 0.25) is 11.6 Å². The molecular formula is C12H23B. The van der Waals surface area contributed by atoms with E-state index in [0.717, 1.165) is 18.1 Å². The first-order chi connectivity index (χ1) is 6.17. The molecule has 13 heavy (non-hydrogen) atoms. The molecule has 0 radical (unpaired) electrons. The number of hydrogen-bond donors (Lipinski definition) is 0. The van der Waals surface area contributed by atoms with Gasteiger partial charge in [-0.3, -0.25) is 0 Å². The molecule has 0 fully saturated rings. The molecule has 1 heteroatoms. The summed E-state index contributed by atoms with van der Waals surface area (Å²) in [4.78, 5) is 0. The van der Waals surface area contributed by atoms with Gasteiger partial charge in [-0.2, -0.15) is 5.82 Å². The second kappa shape index (κ2) is 7.07. The Morgan fingerprint density at radius 2 is 1.46 bits per heavy atom. The normalized spacial score (nSPS) is 14.2. The molecule has 0 aliphatic rings. The van der Waals surface area contributed by atoms with Crippen molar-refractivity contribution in [3.05, 3.63) is 0 Å². The average Bonchev–Trinajstić information content (AvgIpc) is 2.17. The Bertz CT molecular complexity index is 165. The van der Waals surface area contributed by atoms with Gasteiger partial charge in [0.1, 0.15) is 0 Å². The molecule has 0 heterocycles. The van der Waals surface area contributed by atoms with Gasteiger partial charge >= 0.3 is 0 Å². The van der Waals surface area contributed by atoms with Gasteiger partial charge in [-0.1, -0.05) is 59.1 Å². The van der Waals surface area contributed by atoms with Crippen LogP contribution < -0.4 is 0 Å². The Kier molecular flexibility index (Phi) is 6.87. The maximum absolute atomic E-state index is 3.42. The zero-order valence-electron chi connectivity index (χ0n) is 9.85. The van der Waals surface area contributed by atoms with Gasteiger partial charge in [0.2, 0.25) is 6.71 Å². The molecule has 0 rings (SSSR count). The van der Waals surface area contributed by atoms with Crippen LogP contribution in [0.1, 0.15) is 53.9 Å². The smallest absolute Gasteiger partial charge is 0.155 e. The van der Waals surface area contributed by atoms with Crippen molar-refractivity contribution in [2.24, 2.45) is 0 Å². The van der Waals surface area contributed by atoms with Crippen molar-refractivity contribution >= 4 is 6.71 Å². The van der Waals surface area contributed by atoms with Crippen LogP contribution in [0.25, 0.3) is 0 Å². The lowest BCUT2D eigenvalue weighted by molar-refractivity contribution is 0.791. The molecule has 0 N–H and O–H groups in total. The first-order valence-corrected chi connectivity index (χ1v) is 5.65. The number of rotatable bonds is 4. The average molecular weight is 178 g/mol. The van der Waals surface area contributed by atoms with E-state index in [1.807, 2.05) is 0 Å². The Morgan fingerprint density at radius 1 is 1.00 bits per heavy atom. The summed E-state index contributed by atoms with van der Waals surface area (Å²) >= 11 is 0. The molecule has 0 aromatic rings. The molecule has 0 amide bonds. The van der Waals surface area contributed by atoms with Crippen LogP contribution in [0.4, 0.5) is 0 Å². The van der Waals surface area contributed by atoms with Crippen molar-refractivity contribution in [3.8, 4) is 11.7 Å². The van der Waals surface area contributed by atoms with E-state index < -0.39 is 0 Å². The van der Waals surface area contributed by atoms with Crippen LogP contribution in [0.3, 0.4) is 0 Å². The van der Waals surface area contributed by atoms with Crippen LogP contribution in [0.15, 0.2) is 0 Å². The van der Waals surface area contributed by atoms with Crippen LogP contribution in [-0.2, 0) is 0 Å². The van der Waals surface area contributed by atoms with E-state index in [9.17, 15) is 0 Å². The fraction of sp³-hybridized carbons (Fsp3) is 0.833. The van der Waals surface area contributed by atoms with E-state index in [1.165, 1.54) is 12.8 Å². The lowest BCUT2D eigenvalue weighted by Gasteiger charge is -2.19. The van der Waals surface area contributed by atoms with Crippen molar-refractivity contribution in [1.82, 2.24) is 0 Å². The second-order valence-corrected chi connectivity index (χ2v) is 3.97. The lowest BCUT2D eigenvalue weighted by Crippen LogP contribution is -2.22. The Morgan fingerprint density at radius 3 is 1.77 bits per heavy atom. The minimum atomic E-state index is 0.606. The highest BCUT2D eigenvalue weighted by molar-refractivity contribution is 6.70. The summed E-state index contributed by atoms with van der Waals surface area (Å²) in [7, 11) is 0. The van der Waals surface area contributed by atoms with Crippen LogP contribution >= 0.6 is 0 Å². The molecule has 2 atom stereocenters. The maximum atomic E-state index is 3.42. The summed E-state index contributed by atoms with van der Waals surface area (Å²) in [6, 6.07) is 0. The Balaban J connectivity index is 4.35. The predicted octanol–water partition coefficient (Wildman–Crippen LogP) is 4.03. The minimum absolute atomic E-state index is 0.606. The fourth-order valence-corrected chi connectivity index (χ4v) is 1.57. The highest BCUT2D eigenvalue weighted by Crippen LogP contribution is 2.25. The van der Waals surface area contributed by atoms with E-state index in [0.29, 0.717) is 6.71 Å². The first-order valence-electron chi connectivity index (χ1n) is 5.65. The molecule has 0 aromatic carbocycles. The first kappa shape index (κ1) is 12.6. The van der Waals surface area contributed by atoms with Gasteiger partial charge in [0.25, 0.3) is 0 Å². The van der Waals surface area contributed by atoms with Crippen molar-refractivity contribution in [2.75, 3.05) is 0 Å². The standard InChI is InChI=1S/C12H23B/c1-6-9-10-13(11(4)7-2)12(5)8-3/h11-12H,6-8H2,1-5H3/t11-,12+. The van der Waals surface area contributed by atoms with Crippen molar-refractivity contribution in [1.29, 1.82) is 0 Å². The van der Waals surface area contributed by atoms with Gasteiger partial charge in [-0.15, -0.1) is 5.92 Å². The van der Waals surface area contributed by atoms with E-state index in [4.69, 9.17) is 0 Å². The third kappa shape index (κ3) is 4.41. The van der Waals surface area contributed by atoms with Crippen molar-refractivity contribution < 1.29 is 0 Å². The SMILES string of the molecule is CCC#CB([C@H](C)CC)[C@@H](C)CC. The van der Waals surface area contributed by atoms with Crippen molar-refractivity contribution in [2.45, 2.75) is 65.5 Å². The molecule has 0 unspecified atom stereocenters. The third-order valence-corrected chi connectivity index (χ3v) is 2.96. The predicted molar refractivity (Wildman–Crippen MR) is 63.3 cm³/mol. The zero-order chi connectivity index (χ0) is 10.3. The molecule has 0 aliphatic carbocycles. The molecule has 0 bridgehead atoms. The largest absolute Gasteiger partial charge is 0.237 e. The van der Waals surface area contributed by atoms with Gasteiger partial charge in [-0.25, -0.2) is 0 Å². The van der Waals surface area contributed by atoms with Gasteiger partial charge < -0.3 is 0 Å². The summed E-state index contributed by atoms with van der Waals surface area (Å²) in [6.45, 7) is 11.9. The van der Waals surface area contributed by atoms with E-state index in [-0.39, 0.29) is 0 Å². The minimum Gasteiger partial charge on any atom is -0.155 e. The zero-order valence-corrected chi connectivity index (χ0v) is 9.85. The third-order valence-electron chi connectivity index (χ3n) is 2.96. The molecule has 0 saturated carbocycles. The molecule has 0 spiro atoms. The van der Waals surface area contributed by atoms with Crippen LogP contribution in [-0.4, -0.2) is 6.71 Å². The molecule has 0 aliphatic heterocycles. The fourth-order valence-electron chi connectivity index (χ4n) is 1.57. The van der Waals surface area contributed by atoms with Gasteiger partial charge in [0.05, 0.1) is 0 Å². The van der Waals surface area contributed by atoms with Gasteiger partial charge in [-0.05, 0) is 0 Å². The lowest BCUT2D eigenvalue weighted by atomic mass is 9.34. The summed E-state index contributed by atoms with van der Waals surface area (Å²) < 4.78 is 0. The molecule has 0 aromatic heterocycles. The van der Waals surface area contributed by atoms with E-state index >= 15 is 0 Å². The quantitative estimate of drug-likeness (QED) is 0.450. The maximum Gasteiger partial charge on any atom is 0.237 e.